The molecular formula is C23H30N4O4S. The minimum Gasteiger partial charge on any atom is -0.379 e. The average Bonchev–Trinajstić information content (AvgIpc) is 3.13. The van der Waals surface area contributed by atoms with Gasteiger partial charge in [-0.15, -0.1) is 0 Å². The van der Waals surface area contributed by atoms with Crippen molar-refractivity contribution < 1.29 is 17.9 Å². The van der Waals surface area contributed by atoms with Gasteiger partial charge < -0.3 is 15.0 Å². The van der Waals surface area contributed by atoms with Gasteiger partial charge in [-0.1, -0.05) is 31.0 Å². The molecule has 0 saturated carbocycles. The number of nitrogens with one attached hydrogen (secondary N) is 1. The molecule has 3 heterocycles. The maximum atomic E-state index is 13.1. The van der Waals surface area contributed by atoms with Gasteiger partial charge in [0.25, 0.3) is 5.91 Å². The highest BCUT2D eigenvalue weighted by Gasteiger charge is 2.30. The van der Waals surface area contributed by atoms with Crippen molar-refractivity contribution in [1.82, 2.24) is 14.6 Å². The number of amides is 1. The predicted octanol–water partition coefficient (Wildman–Crippen LogP) is 2.41. The largest absolute Gasteiger partial charge is 0.379 e. The summed E-state index contributed by atoms with van der Waals surface area (Å²) in [7, 11) is -3.77. The van der Waals surface area contributed by atoms with E-state index in [1.807, 2.05) is 12.1 Å². The van der Waals surface area contributed by atoms with Crippen LogP contribution in [0.4, 0.5) is 5.82 Å². The number of morpholine rings is 1. The van der Waals surface area contributed by atoms with Crippen molar-refractivity contribution in [2.24, 2.45) is 0 Å². The lowest BCUT2D eigenvalue weighted by molar-refractivity contribution is 0.0730. The zero-order chi connectivity index (χ0) is 22.4. The number of sulfonamides is 1. The van der Waals surface area contributed by atoms with Crippen LogP contribution in [0, 0.1) is 0 Å². The van der Waals surface area contributed by atoms with Crippen LogP contribution in [0.2, 0.25) is 0 Å². The third-order valence-corrected chi connectivity index (χ3v) is 7.87. The molecule has 1 aromatic carbocycles. The molecule has 2 saturated heterocycles. The molecule has 8 nitrogen and oxygen atoms in total. The lowest BCUT2D eigenvalue weighted by Gasteiger charge is -2.26. The van der Waals surface area contributed by atoms with Crippen LogP contribution >= 0.6 is 0 Å². The van der Waals surface area contributed by atoms with E-state index in [0.717, 1.165) is 24.5 Å². The Morgan fingerprint density at radius 2 is 1.69 bits per heavy atom. The van der Waals surface area contributed by atoms with Gasteiger partial charge in [0, 0.05) is 38.9 Å². The SMILES string of the molecule is O=C(NCc1ccc(N2CCCCCC2)nc1)c1ccccc1S(=O)(=O)N1CCOCC1. The normalized spacial score (nSPS) is 18.2. The average molecular weight is 459 g/mol. The van der Waals surface area contributed by atoms with Gasteiger partial charge in [0.15, 0.2) is 0 Å². The summed E-state index contributed by atoms with van der Waals surface area (Å²) < 4.78 is 32.8. The second-order valence-corrected chi connectivity index (χ2v) is 10.0. The van der Waals surface area contributed by atoms with Gasteiger partial charge >= 0.3 is 0 Å². The number of carbonyl (C=O) groups is 1. The Bertz CT molecular complexity index is 1010. The van der Waals surface area contributed by atoms with Gasteiger partial charge in [-0.05, 0) is 36.6 Å². The molecule has 32 heavy (non-hydrogen) atoms. The minimum atomic E-state index is -3.77. The second-order valence-electron chi connectivity index (χ2n) is 8.12. The third kappa shape index (κ3) is 5.28. The topological polar surface area (TPSA) is 91.8 Å². The first-order valence-corrected chi connectivity index (χ1v) is 12.6. The molecule has 2 aliphatic heterocycles. The van der Waals surface area contributed by atoms with E-state index in [1.165, 1.54) is 36.1 Å². The van der Waals surface area contributed by atoms with Crippen LogP contribution in [0.3, 0.4) is 0 Å². The molecule has 1 N–H and O–H groups in total. The van der Waals surface area contributed by atoms with E-state index in [9.17, 15) is 13.2 Å². The molecule has 0 bridgehead atoms. The number of nitrogens with zero attached hydrogens (tertiary/aromatic N) is 3. The van der Waals surface area contributed by atoms with Crippen LogP contribution in [0.1, 0.15) is 41.6 Å². The summed E-state index contributed by atoms with van der Waals surface area (Å²) in [4.78, 5) is 19.8. The lowest BCUT2D eigenvalue weighted by Crippen LogP contribution is -2.41. The molecular weight excluding hydrogens is 428 g/mol. The Labute approximate surface area is 189 Å². The molecule has 2 fully saturated rings. The number of carbonyl (C=O) groups excluding carboxylic acids is 1. The standard InChI is InChI=1S/C23H30N4O4S/c28-23(20-7-3-4-8-21(20)32(29,30)27-13-15-31-16-14-27)25-18-19-9-10-22(24-17-19)26-11-5-1-2-6-12-26/h3-4,7-10,17H,1-2,5-6,11-16,18H2,(H,25,28). The van der Waals surface area contributed by atoms with E-state index in [1.54, 1.807) is 24.4 Å². The lowest BCUT2D eigenvalue weighted by atomic mass is 10.2. The quantitative estimate of drug-likeness (QED) is 0.715. The van der Waals surface area contributed by atoms with Crippen molar-refractivity contribution >= 4 is 21.7 Å². The van der Waals surface area contributed by atoms with Crippen LogP contribution in [0.5, 0.6) is 0 Å². The number of aromatic nitrogens is 1. The molecule has 2 aliphatic rings. The summed E-state index contributed by atoms with van der Waals surface area (Å²) in [6.45, 7) is 3.61. The van der Waals surface area contributed by atoms with Gasteiger partial charge in [-0.3, -0.25) is 4.79 Å². The van der Waals surface area contributed by atoms with Gasteiger partial charge in [0.1, 0.15) is 5.82 Å². The zero-order valence-electron chi connectivity index (χ0n) is 18.2. The van der Waals surface area contributed by atoms with Gasteiger partial charge in [-0.2, -0.15) is 4.31 Å². The van der Waals surface area contributed by atoms with Gasteiger partial charge in [0.2, 0.25) is 10.0 Å². The fourth-order valence-corrected chi connectivity index (χ4v) is 5.69. The highest BCUT2D eigenvalue weighted by atomic mass is 32.2. The Hall–Kier alpha value is -2.49. The molecule has 0 unspecified atom stereocenters. The summed E-state index contributed by atoms with van der Waals surface area (Å²) in [6.07, 6.45) is 6.68. The van der Waals surface area contributed by atoms with Crippen molar-refractivity contribution in [3.05, 3.63) is 53.7 Å². The van der Waals surface area contributed by atoms with Crippen LogP contribution in [-0.2, 0) is 21.3 Å². The third-order valence-electron chi connectivity index (χ3n) is 5.91. The Morgan fingerprint density at radius 3 is 2.38 bits per heavy atom. The molecule has 4 rings (SSSR count). The van der Waals surface area contributed by atoms with Crippen molar-refractivity contribution in [2.45, 2.75) is 37.1 Å². The number of pyridine rings is 1. The van der Waals surface area contributed by atoms with Gasteiger partial charge in [0.05, 0.1) is 23.7 Å². The first-order chi connectivity index (χ1) is 15.6. The number of rotatable bonds is 6. The molecule has 1 aromatic heterocycles. The summed E-state index contributed by atoms with van der Waals surface area (Å²) in [5.74, 6) is 0.540. The molecule has 0 aliphatic carbocycles. The Kier molecular flexibility index (Phi) is 7.39. The first-order valence-electron chi connectivity index (χ1n) is 11.2. The maximum Gasteiger partial charge on any atom is 0.252 e. The number of anilines is 1. The van der Waals surface area contributed by atoms with E-state index in [2.05, 4.69) is 15.2 Å². The van der Waals surface area contributed by atoms with Crippen molar-refractivity contribution in [3.8, 4) is 0 Å². The van der Waals surface area contributed by atoms with Crippen LogP contribution in [0.25, 0.3) is 0 Å². The molecule has 2 aromatic rings. The molecule has 0 atom stereocenters. The number of hydrogen-bond acceptors (Lipinski definition) is 6. The number of ether oxygens (including phenoxy) is 1. The highest BCUT2D eigenvalue weighted by molar-refractivity contribution is 7.89. The fourth-order valence-electron chi connectivity index (χ4n) is 4.09. The number of hydrogen-bond donors (Lipinski definition) is 1. The summed E-state index contributed by atoms with van der Waals surface area (Å²) >= 11 is 0. The monoisotopic (exact) mass is 458 g/mol. The number of benzene rings is 1. The maximum absolute atomic E-state index is 13.1. The van der Waals surface area contributed by atoms with E-state index in [0.29, 0.717) is 13.2 Å². The molecule has 1 amide bonds. The molecule has 0 radical (unpaired) electrons. The smallest absolute Gasteiger partial charge is 0.252 e. The molecule has 0 spiro atoms. The van der Waals surface area contributed by atoms with Crippen molar-refractivity contribution in [3.63, 3.8) is 0 Å². The van der Waals surface area contributed by atoms with E-state index in [4.69, 9.17) is 4.74 Å². The van der Waals surface area contributed by atoms with Crippen LogP contribution < -0.4 is 10.2 Å². The fraction of sp³-hybridized carbons (Fsp3) is 0.478. The second kappa shape index (κ2) is 10.4. The van der Waals surface area contributed by atoms with E-state index in [-0.39, 0.29) is 30.1 Å². The summed E-state index contributed by atoms with van der Waals surface area (Å²) in [6, 6.07) is 10.3. The minimum absolute atomic E-state index is 0.0223. The predicted molar refractivity (Wildman–Crippen MR) is 122 cm³/mol. The van der Waals surface area contributed by atoms with E-state index < -0.39 is 15.9 Å². The van der Waals surface area contributed by atoms with Crippen LogP contribution in [0.15, 0.2) is 47.5 Å². The van der Waals surface area contributed by atoms with E-state index >= 15 is 0 Å². The molecule has 9 heteroatoms. The first kappa shape index (κ1) is 22.7. The summed E-state index contributed by atoms with van der Waals surface area (Å²) in [5, 5.41) is 2.84. The summed E-state index contributed by atoms with van der Waals surface area (Å²) in [5.41, 5.74) is 1.01. The Morgan fingerprint density at radius 1 is 0.969 bits per heavy atom. The highest BCUT2D eigenvalue weighted by Crippen LogP contribution is 2.22. The van der Waals surface area contributed by atoms with Crippen LogP contribution in [-0.4, -0.2) is 63.0 Å². The zero-order valence-corrected chi connectivity index (χ0v) is 19.0. The van der Waals surface area contributed by atoms with Gasteiger partial charge in [-0.25, -0.2) is 13.4 Å². The Balaban J connectivity index is 1.42. The van der Waals surface area contributed by atoms with Crippen molar-refractivity contribution in [1.29, 1.82) is 0 Å². The molecule has 172 valence electrons. The van der Waals surface area contributed by atoms with Crippen molar-refractivity contribution in [2.75, 3.05) is 44.3 Å².